The van der Waals surface area contributed by atoms with E-state index in [9.17, 15) is 0 Å². The van der Waals surface area contributed by atoms with E-state index in [4.69, 9.17) is 31.8 Å². The fraction of sp³-hybridized carbons (Fsp3) is 0.455. The summed E-state index contributed by atoms with van der Waals surface area (Å²) in [7, 11) is 1.64. The highest BCUT2D eigenvalue weighted by atomic mass is 35.5. The van der Waals surface area contributed by atoms with Gasteiger partial charge in [-0.3, -0.25) is 4.90 Å². The first-order chi connectivity index (χ1) is 14.5. The van der Waals surface area contributed by atoms with E-state index in [1.54, 1.807) is 11.6 Å². The van der Waals surface area contributed by atoms with Crippen molar-refractivity contribution in [1.82, 2.24) is 19.5 Å². The van der Waals surface area contributed by atoms with E-state index in [1.165, 1.54) is 0 Å². The Morgan fingerprint density at radius 2 is 1.97 bits per heavy atom. The van der Waals surface area contributed by atoms with Gasteiger partial charge in [0, 0.05) is 30.3 Å². The Kier molecular flexibility index (Phi) is 6.01. The van der Waals surface area contributed by atoms with Crippen molar-refractivity contribution in [2.75, 3.05) is 32.5 Å². The molecule has 0 radical (unpaired) electrons. The van der Waals surface area contributed by atoms with Crippen molar-refractivity contribution >= 4 is 23.1 Å². The van der Waals surface area contributed by atoms with Gasteiger partial charge in [-0.05, 0) is 57.5 Å². The second kappa shape index (κ2) is 8.70. The van der Waals surface area contributed by atoms with Gasteiger partial charge < -0.3 is 15.2 Å². The summed E-state index contributed by atoms with van der Waals surface area (Å²) in [5, 5.41) is 4.98. The standard InChI is InChI=1S/C22H28ClN5O2/c1-4-30-22-17(23)10-15(11-19(22)29-3)13-27-7-5-16(6-8-27)18-12-20(24)28-21(25-18)9-14(2)26-28/h9-12,16H,4-8,13,24H2,1-3H3. The molecule has 2 aromatic heterocycles. The Balaban J connectivity index is 1.43. The van der Waals surface area contributed by atoms with Crippen molar-refractivity contribution in [2.24, 2.45) is 0 Å². The molecule has 0 spiro atoms. The number of piperidine rings is 1. The van der Waals surface area contributed by atoms with Crippen LogP contribution in [0.5, 0.6) is 11.5 Å². The lowest BCUT2D eigenvalue weighted by Crippen LogP contribution is -2.32. The van der Waals surface area contributed by atoms with Gasteiger partial charge in [0.25, 0.3) is 0 Å². The average Bonchev–Trinajstić information content (AvgIpc) is 3.11. The molecule has 1 aromatic carbocycles. The molecule has 1 aliphatic heterocycles. The maximum absolute atomic E-state index is 6.43. The van der Waals surface area contributed by atoms with Crippen LogP contribution < -0.4 is 15.2 Å². The molecular weight excluding hydrogens is 402 g/mol. The van der Waals surface area contributed by atoms with E-state index in [1.807, 2.05) is 38.1 Å². The molecule has 1 saturated heterocycles. The third-order valence-corrected chi connectivity index (χ3v) is 5.87. The summed E-state index contributed by atoms with van der Waals surface area (Å²) in [6, 6.07) is 7.93. The summed E-state index contributed by atoms with van der Waals surface area (Å²) in [6.45, 7) is 7.24. The van der Waals surface area contributed by atoms with Crippen molar-refractivity contribution in [2.45, 2.75) is 39.2 Å². The van der Waals surface area contributed by atoms with Crippen molar-refractivity contribution in [3.63, 3.8) is 0 Å². The van der Waals surface area contributed by atoms with Crippen molar-refractivity contribution < 1.29 is 9.47 Å². The minimum Gasteiger partial charge on any atom is -0.493 e. The molecular formula is C22H28ClN5O2. The Morgan fingerprint density at radius 1 is 1.20 bits per heavy atom. The van der Waals surface area contributed by atoms with Gasteiger partial charge in [0.1, 0.15) is 5.82 Å². The highest BCUT2D eigenvalue weighted by Crippen LogP contribution is 2.37. The number of nitrogens with two attached hydrogens (primary N) is 1. The molecule has 8 heteroatoms. The van der Waals surface area contributed by atoms with E-state index in [0.29, 0.717) is 34.9 Å². The van der Waals surface area contributed by atoms with Crippen LogP contribution in [-0.2, 0) is 6.54 Å². The Morgan fingerprint density at radius 3 is 2.67 bits per heavy atom. The number of benzene rings is 1. The lowest BCUT2D eigenvalue weighted by atomic mass is 9.93. The predicted octanol–water partition coefficient (Wildman–Crippen LogP) is 4.06. The normalized spacial score (nSPS) is 15.6. The number of anilines is 1. The minimum absolute atomic E-state index is 0.405. The van der Waals surface area contributed by atoms with Gasteiger partial charge in [0.05, 0.1) is 24.4 Å². The number of fused-ring (bicyclic) bond motifs is 1. The lowest BCUT2D eigenvalue weighted by Gasteiger charge is -2.32. The smallest absolute Gasteiger partial charge is 0.179 e. The van der Waals surface area contributed by atoms with Crippen LogP contribution in [0.15, 0.2) is 24.3 Å². The Bertz CT molecular complexity index is 1040. The van der Waals surface area contributed by atoms with Crippen LogP contribution in [0.25, 0.3) is 5.65 Å². The molecule has 1 fully saturated rings. The van der Waals surface area contributed by atoms with Crippen molar-refractivity contribution in [1.29, 1.82) is 0 Å². The summed E-state index contributed by atoms with van der Waals surface area (Å²) in [5.41, 5.74) is 10.1. The molecule has 0 aliphatic carbocycles. The number of nitrogen functional groups attached to an aromatic ring is 1. The minimum atomic E-state index is 0.405. The summed E-state index contributed by atoms with van der Waals surface area (Å²) in [4.78, 5) is 7.24. The van der Waals surface area contributed by atoms with Crippen LogP contribution in [0.2, 0.25) is 5.02 Å². The quantitative estimate of drug-likeness (QED) is 0.636. The Labute approximate surface area is 181 Å². The van der Waals surface area contributed by atoms with Crippen LogP contribution >= 0.6 is 11.6 Å². The number of likely N-dealkylation sites (tertiary alicyclic amines) is 1. The molecule has 1 aliphatic rings. The number of methoxy groups -OCH3 is 1. The molecule has 7 nitrogen and oxygen atoms in total. The fourth-order valence-corrected chi connectivity index (χ4v) is 4.42. The van der Waals surface area contributed by atoms with Gasteiger partial charge in [0.2, 0.25) is 0 Å². The molecule has 2 N–H and O–H groups in total. The first-order valence-corrected chi connectivity index (χ1v) is 10.7. The molecule has 3 aromatic rings. The van der Waals surface area contributed by atoms with Crippen LogP contribution in [0, 0.1) is 6.92 Å². The lowest BCUT2D eigenvalue weighted by molar-refractivity contribution is 0.203. The van der Waals surface area contributed by atoms with Gasteiger partial charge >= 0.3 is 0 Å². The number of nitrogens with zero attached hydrogens (tertiary/aromatic N) is 4. The zero-order chi connectivity index (χ0) is 21.3. The fourth-order valence-electron chi connectivity index (χ4n) is 4.14. The largest absolute Gasteiger partial charge is 0.493 e. The van der Waals surface area contributed by atoms with Crippen LogP contribution in [0.1, 0.15) is 42.6 Å². The second-order valence-corrected chi connectivity index (χ2v) is 8.16. The van der Waals surface area contributed by atoms with Crippen molar-refractivity contribution in [3.05, 3.63) is 46.2 Å². The molecule has 160 valence electrons. The van der Waals surface area contributed by atoms with Gasteiger partial charge in [-0.2, -0.15) is 9.61 Å². The molecule has 0 amide bonds. The highest BCUT2D eigenvalue weighted by Gasteiger charge is 2.23. The second-order valence-electron chi connectivity index (χ2n) is 7.75. The molecule has 30 heavy (non-hydrogen) atoms. The van der Waals surface area contributed by atoms with Gasteiger partial charge in [-0.1, -0.05) is 11.6 Å². The Hall–Kier alpha value is -2.51. The van der Waals surface area contributed by atoms with E-state index in [2.05, 4.69) is 10.00 Å². The number of rotatable bonds is 6. The van der Waals surface area contributed by atoms with E-state index >= 15 is 0 Å². The van der Waals surface area contributed by atoms with Gasteiger partial charge in [-0.25, -0.2) is 4.98 Å². The molecule has 0 unspecified atom stereocenters. The summed E-state index contributed by atoms with van der Waals surface area (Å²) < 4.78 is 12.8. The topological polar surface area (TPSA) is 77.9 Å². The molecule has 3 heterocycles. The monoisotopic (exact) mass is 429 g/mol. The number of hydrogen-bond donors (Lipinski definition) is 1. The van der Waals surface area contributed by atoms with E-state index in [0.717, 1.165) is 55.1 Å². The third kappa shape index (κ3) is 4.18. The number of halogens is 1. The molecule has 0 saturated carbocycles. The number of ether oxygens (including phenoxy) is 2. The maximum atomic E-state index is 6.43. The highest BCUT2D eigenvalue weighted by molar-refractivity contribution is 6.32. The summed E-state index contributed by atoms with van der Waals surface area (Å²) in [5.74, 6) is 2.33. The predicted molar refractivity (Wildman–Crippen MR) is 119 cm³/mol. The molecule has 0 atom stereocenters. The van der Waals surface area contributed by atoms with Crippen LogP contribution in [0.3, 0.4) is 0 Å². The SMILES string of the molecule is CCOc1c(Cl)cc(CN2CCC(c3cc(N)n4nc(C)cc4n3)CC2)cc1OC. The summed E-state index contributed by atoms with van der Waals surface area (Å²) >= 11 is 6.43. The number of hydrogen-bond acceptors (Lipinski definition) is 6. The zero-order valence-electron chi connectivity index (χ0n) is 17.7. The number of aryl methyl sites for hydroxylation is 1. The maximum Gasteiger partial charge on any atom is 0.179 e. The first-order valence-electron chi connectivity index (χ1n) is 10.3. The summed E-state index contributed by atoms with van der Waals surface area (Å²) in [6.07, 6.45) is 2.08. The first kappa shape index (κ1) is 20.8. The van der Waals surface area contributed by atoms with E-state index in [-0.39, 0.29) is 0 Å². The van der Waals surface area contributed by atoms with E-state index < -0.39 is 0 Å². The zero-order valence-corrected chi connectivity index (χ0v) is 18.4. The van der Waals surface area contributed by atoms with Crippen molar-refractivity contribution in [3.8, 4) is 11.5 Å². The van der Waals surface area contributed by atoms with Gasteiger partial charge in [0.15, 0.2) is 17.1 Å². The van der Waals surface area contributed by atoms with Crippen LogP contribution in [-0.4, -0.2) is 46.3 Å². The third-order valence-electron chi connectivity index (χ3n) is 5.59. The molecule has 4 rings (SSSR count). The van der Waals surface area contributed by atoms with Crippen LogP contribution in [0.4, 0.5) is 5.82 Å². The molecule has 0 bridgehead atoms. The average molecular weight is 430 g/mol. The van der Waals surface area contributed by atoms with Gasteiger partial charge in [-0.15, -0.1) is 0 Å². The number of aromatic nitrogens is 3.